The van der Waals surface area contributed by atoms with E-state index < -0.39 is 0 Å². The number of hydrogen-bond donors (Lipinski definition) is 0. The summed E-state index contributed by atoms with van der Waals surface area (Å²) in [4.78, 5) is 11.9. The molecular formula is C12H10OS. The van der Waals surface area contributed by atoms with Gasteiger partial charge in [-0.05, 0) is 29.5 Å². The Morgan fingerprint density at radius 2 is 1.86 bits per heavy atom. The van der Waals surface area contributed by atoms with Crippen molar-refractivity contribution in [3.05, 3.63) is 46.7 Å². The lowest BCUT2D eigenvalue weighted by atomic mass is 10.1. The van der Waals surface area contributed by atoms with Crippen molar-refractivity contribution < 1.29 is 4.79 Å². The lowest BCUT2D eigenvalue weighted by Crippen LogP contribution is -1.84. The zero-order valence-electron chi connectivity index (χ0n) is 7.86. The number of benzene rings is 1. The fourth-order valence-electron chi connectivity index (χ4n) is 1.30. The van der Waals surface area contributed by atoms with E-state index in [0.29, 0.717) is 0 Å². The summed E-state index contributed by atoms with van der Waals surface area (Å²) in [7, 11) is 0. The molecule has 1 nitrogen and oxygen atoms in total. The van der Waals surface area contributed by atoms with E-state index in [1.165, 1.54) is 11.3 Å². The molecule has 0 N–H and O–H groups in total. The maximum absolute atomic E-state index is 11.1. The number of thiophene rings is 1. The fourth-order valence-corrected chi connectivity index (χ4v) is 2.12. The first-order chi connectivity index (χ1) is 6.77. The molecule has 0 fully saturated rings. The maximum Gasteiger partial charge on any atom is 0.169 e. The quantitative estimate of drug-likeness (QED) is 0.680. The Labute approximate surface area is 87.0 Å². The van der Waals surface area contributed by atoms with Crippen LogP contribution in [0.3, 0.4) is 0 Å². The molecule has 0 radical (unpaired) electrons. The van der Waals surface area contributed by atoms with Crippen molar-refractivity contribution in [3.8, 4) is 11.1 Å². The van der Waals surface area contributed by atoms with Crippen LogP contribution in [0.4, 0.5) is 0 Å². The molecule has 2 rings (SSSR count). The van der Waals surface area contributed by atoms with Gasteiger partial charge in [0.15, 0.2) is 5.78 Å². The number of hydrogen-bond acceptors (Lipinski definition) is 2. The van der Waals surface area contributed by atoms with Crippen molar-refractivity contribution in [1.82, 2.24) is 0 Å². The first kappa shape index (κ1) is 9.16. The van der Waals surface area contributed by atoms with E-state index in [0.717, 1.165) is 16.0 Å². The molecule has 2 heteroatoms. The zero-order valence-corrected chi connectivity index (χ0v) is 8.67. The van der Waals surface area contributed by atoms with Gasteiger partial charge < -0.3 is 0 Å². The molecule has 0 aliphatic heterocycles. The van der Waals surface area contributed by atoms with E-state index in [-0.39, 0.29) is 5.78 Å². The summed E-state index contributed by atoms with van der Waals surface area (Å²) in [6.45, 7) is 1.60. The standard InChI is InChI=1S/C12H10OS/c1-9(13)12-7-11(8-14-12)10-5-3-2-4-6-10/h2-8H,1H3. The highest BCUT2D eigenvalue weighted by Crippen LogP contribution is 2.25. The molecular weight excluding hydrogens is 192 g/mol. The Morgan fingerprint density at radius 3 is 2.43 bits per heavy atom. The van der Waals surface area contributed by atoms with Gasteiger partial charge in [0.05, 0.1) is 4.88 Å². The second kappa shape index (κ2) is 3.76. The van der Waals surface area contributed by atoms with Gasteiger partial charge in [0.25, 0.3) is 0 Å². The van der Waals surface area contributed by atoms with Gasteiger partial charge in [0.1, 0.15) is 0 Å². The molecule has 70 valence electrons. The molecule has 0 unspecified atom stereocenters. The van der Waals surface area contributed by atoms with Gasteiger partial charge in [-0.2, -0.15) is 0 Å². The van der Waals surface area contributed by atoms with Gasteiger partial charge in [0, 0.05) is 0 Å². The largest absolute Gasteiger partial charge is 0.294 e. The first-order valence-corrected chi connectivity index (χ1v) is 5.30. The van der Waals surface area contributed by atoms with Crippen LogP contribution in [0.15, 0.2) is 41.8 Å². The molecule has 14 heavy (non-hydrogen) atoms. The molecule has 0 spiro atoms. The van der Waals surface area contributed by atoms with Crippen molar-refractivity contribution in [2.75, 3.05) is 0 Å². The van der Waals surface area contributed by atoms with Crippen molar-refractivity contribution >= 4 is 17.1 Å². The third-order valence-electron chi connectivity index (χ3n) is 2.05. The Kier molecular flexibility index (Phi) is 2.46. The topological polar surface area (TPSA) is 17.1 Å². The van der Waals surface area contributed by atoms with Gasteiger partial charge >= 0.3 is 0 Å². The summed E-state index contributed by atoms with van der Waals surface area (Å²) in [5.41, 5.74) is 2.29. The molecule has 0 bridgehead atoms. The third kappa shape index (κ3) is 1.75. The normalized spacial score (nSPS) is 10.1. The summed E-state index contributed by atoms with van der Waals surface area (Å²) in [6.07, 6.45) is 0. The molecule has 0 atom stereocenters. The molecule has 0 saturated heterocycles. The molecule has 1 aromatic heterocycles. The number of ketones is 1. The minimum atomic E-state index is 0.136. The lowest BCUT2D eigenvalue weighted by Gasteiger charge is -1.94. The Hall–Kier alpha value is -1.41. The van der Waals surface area contributed by atoms with Crippen LogP contribution in [0.1, 0.15) is 16.6 Å². The summed E-state index contributed by atoms with van der Waals surface area (Å²) < 4.78 is 0. The van der Waals surface area contributed by atoms with Crippen molar-refractivity contribution in [2.45, 2.75) is 6.92 Å². The van der Waals surface area contributed by atoms with Crippen LogP contribution in [0.25, 0.3) is 11.1 Å². The van der Waals surface area contributed by atoms with E-state index in [1.54, 1.807) is 6.92 Å². The average Bonchev–Trinajstić information content (AvgIpc) is 2.68. The molecule has 1 aromatic carbocycles. The number of Topliss-reactive ketones (excluding diaryl/α,β-unsaturated/α-hetero) is 1. The number of carbonyl (C=O) groups is 1. The van der Waals surface area contributed by atoms with Gasteiger partial charge in [-0.1, -0.05) is 30.3 Å². The van der Waals surface area contributed by atoms with Crippen LogP contribution in [-0.4, -0.2) is 5.78 Å². The van der Waals surface area contributed by atoms with Crippen LogP contribution >= 0.6 is 11.3 Å². The molecule has 0 amide bonds. The molecule has 2 aromatic rings. The van der Waals surface area contributed by atoms with Crippen LogP contribution in [-0.2, 0) is 0 Å². The van der Waals surface area contributed by atoms with E-state index in [4.69, 9.17) is 0 Å². The maximum atomic E-state index is 11.1. The second-order valence-electron chi connectivity index (χ2n) is 3.12. The molecule has 0 saturated carbocycles. The highest BCUT2D eigenvalue weighted by Gasteiger charge is 2.04. The molecule has 0 aliphatic rings. The highest BCUT2D eigenvalue weighted by molar-refractivity contribution is 7.12. The van der Waals surface area contributed by atoms with E-state index in [1.807, 2.05) is 41.8 Å². The summed E-state index contributed by atoms with van der Waals surface area (Å²) >= 11 is 1.50. The third-order valence-corrected chi connectivity index (χ3v) is 3.08. The first-order valence-electron chi connectivity index (χ1n) is 4.42. The van der Waals surface area contributed by atoms with Crippen molar-refractivity contribution in [1.29, 1.82) is 0 Å². The van der Waals surface area contributed by atoms with Crippen molar-refractivity contribution in [3.63, 3.8) is 0 Å². The predicted molar refractivity (Wildman–Crippen MR) is 59.8 cm³/mol. The predicted octanol–water partition coefficient (Wildman–Crippen LogP) is 3.62. The Morgan fingerprint density at radius 1 is 1.14 bits per heavy atom. The van der Waals surface area contributed by atoms with E-state index in [2.05, 4.69) is 0 Å². The number of carbonyl (C=O) groups excluding carboxylic acids is 1. The van der Waals surface area contributed by atoms with Crippen LogP contribution in [0.2, 0.25) is 0 Å². The van der Waals surface area contributed by atoms with Crippen molar-refractivity contribution in [2.24, 2.45) is 0 Å². The molecule has 1 heterocycles. The minimum Gasteiger partial charge on any atom is -0.294 e. The fraction of sp³-hybridized carbons (Fsp3) is 0.0833. The Bertz CT molecular complexity index is 442. The minimum absolute atomic E-state index is 0.136. The van der Waals surface area contributed by atoms with Crippen LogP contribution < -0.4 is 0 Å². The molecule has 0 aliphatic carbocycles. The zero-order chi connectivity index (χ0) is 9.97. The number of rotatable bonds is 2. The van der Waals surface area contributed by atoms with Crippen LogP contribution in [0.5, 0.6) is 0 Å². The van der Waals surface area contributed by atoms with Crippen LogP contribution in [0, 0.1) is 0 Å². The second-order valence-corrected chi connectivity index (χ2v) is 4.03. The smallest absolute Gasteiger partial charge is 0.169 e. The average molecular weight is 202 g/mol. The summed E-state index contributed by atoms with van der Waals surface area (Å²) in [5.74, 6) is 0.136. The van der Waals surface area contributed by atoms with E-state index in [9.17, 15) is 4.79 Å². The van der Waals surface area contributed by atoms with Gasteiger partial charge in [-0.3, -0.25) is 4.79 Å². The SMILES string of the molecule is CC(=O)c1cc(-c2ccccc2)cs1. The highest BCUT2D eigenvalue weighted by atomic mass is 32.1. The summed E-state index contributed by atoms with van der Waals surface area (Å²) in [5, 5.41) is 2.02. The Balaban J connectivity index is 2.39. The lowest BCUT2D eigenvalue weighted by molar-refractivity contribution is 0.102. The monoisotopic (exact) mass is 202 g/mol. The summed E-state index contributed by atoms with van der Waals surface area (Å²) in [6, 6.07) is 12.0. The van der Waals surface area contributed by atoms with Gasteiger partial charge in [-0.25, -0.2) is 0 Å². The van der Waals surface area contributed by atoms with Gasteiger partial charge in [-0.15, -0.1) is 11.3 Å². The van der Waals surface area contributed by atoms with Gasteiger partial charge in [0.2, 0.25) is 0 Å². The van der Waals surface area contributed by atoms with E-state index >= 15 is 0 Å².